The van der Waals surface area contributed by atoms with Crippen LogP contribution in [0.15, 0.2) is 194 Å². The Bertz CT molecular complexity index is 3010. The van der Waals surface area contributed by atoms with E-state index < -0.39 is 5.41 Å². The molecule has 9 aromatic rings. The standard InChI is InChI=1S/C54H41N3/c1-2-15-45-47-34-49-46(42-20-9-12-23-48(42)54(49,38-16-5-3-6-17-38)39-18-7-4-8-19-39)35-52(47)57(53(45)55)41-32-28-37(29-33-41)36-26-30-40(31-27-36)56-50-24-13-10-21-43(50)44-22-11-14-25-51(44)56/h2-8,10-19,21-35H,9,20,55H2,1H3/b15-2-. The number of aromatic nitrogens is 2. The smallest absolute Gasteiger partial charge is 0.116 e. The highest BCUT2D eigenvalue weighted by atomic mass is 15.1. The van der Waals surface area contributed by atoms with E-state index in [4.69, 9.17) is 5.73 Å². The summed E-state index contributed by atoms with van der Waals surface area (Å²) in [6, 6.07) is 62.1. The first-order valence-corrected chi connectivity index (χ1v) is 20.0. The van der Waals surface area contributed by atoms with Crippen LogP contribution in [0.25, 0.3) is 66.9 Å². The van der Waals surface area contributed by atoms with Crippen LogP contribution in [0.3, 0.4) is 0 Å². The largest absolute Gasteiger partial charge is 0.384 e. The van der Waals surface area contributed by atoms with E-state index in [2.05, 4.69) is 210 Å². The van der Waals surface area contributed by atoms with Crippen LogP contribution >= 0.6 is 0 Å². The normalized spacial score (nSPS) is 14.6. The molecule has 0 saturated heterocycles. The van der Waals surface area contributed by atoms with Crippen molar-refractivity contribution in [2.24, 2.45) is 0 Å². The summed E-state index contributed by atoms with van der Waals surface area (Å²) < 4.78 is 4.62. The van der Waals surface area contributed by atoms with Crippen LogP contribution in [-0.4, -0.2) is 9.13 Å². The van der Waals surface area contributed by atoms with Gasteiger partial charge < -0.3 is 10.3 Å². The van der Waals surface area contributed by atoms with Crippen molar-refractivity contribution >= 4 is 50.2 Å². The number of hydrogen-bond acceptors (Lipinski definition) is 1. The van der Waals surface area contributed by atoms with E-state index in [-0.39, 0.29) is 0 Å². The first-order valence-electron chi connectivity index (χ1n) is 20.0. The fourth-order valence-corrected chi connectivity index (χ4v) is 9.97. The van der Waals surface area contributed by atoms with E-state index >= 15 is 0 Å². The van der Waals surface area contributed by atoms with Gasteiger partial charge in [0.2, 0.25) is 0 Å². The number of nitrogens with zero attached hydrogens (tertiary/aromatic N) is 2. The van der Waals surface area contributed by atoms with Gasteiger partial charge in [0.15, 0.2) is 0 Å². The number of anilines is 1. The summed E-state index contributed by atoms with van der Waals surface area (Å²) in [5.41, 5.74) is 23.9. The highest BCUT2D eigenvalue weighted by molar-refractivity contribution is 6.09. The molecule has 0 saturated carbocycles. The number of nitrogen functional groups attached to an aromatic ring is 1. The zero-order chi connectivity index (χ0) is 38.1. The fourth-order valence-electron chi connectivity index (χ4n) is 9.97. The molecule has 7 aromatic carbocycles. The first kappa shape index (κ1) is 33.3. The number of para-hydroxylation sites is 2. The number of hydrogen-bond donors (Lipinski definition) is 1. The monoisotopic (exact) mass is 731 g/mol. The van der Waals surface area contributed by atoms with Gasteiger partial charge in [0, 0.05) is 33.1 Å². The van der Waals surface area contributed by atoms with E-state index in [9.17, 15) is 0 Å². The predicted molar refractivity (Wildman–Crippen MR) is 240 cm³/mol. The first-order chi connectivity index (χ1) is 28.2. The molecule has 0 atom stereocenters. The minimum Gasteiger partial charge on any atom is -0.384 e. The highest BCUT2D eigenvalue weighted by Gasteiger charge is 2.47. The van der Waals surface area contributed by atoms with E-state index in [1.54, 1.807) is 0 Å². The third kappa shape index (κ3) is 4.85. The molecule has 0 radical (unpaired) electrons. The maximum Gasteiger partial charge on any atom is 0.116 e. The Morgan fingerprint density at radius 2 is 1.11 bits per heavy atom. The highest BCUT2D eigenvalue weighted by Crippen LogP contribution is 2.58. The van der Waals surface area contributed by atoms with Gasteiger partial charge in [0.1, 0.15) is 5.82 Å². The van der Waals surface area contributed by atoms with Gasteiger partial charge in [-0.1, -0.05) is 146 Å². The number of allylic oxidation sites excluding steroid dienone is 5. The van der Waals surface area contributed by atoms with Gasteiger partial charge in [0.25, 0.3) is 0 Å². The number of nitrogens with two attached hydrogens (primary N) is 1. The van der Waals surface area contributed by atoms with Gasteiger partial charge in [-0.05, 0) is 113 Å². The lowest BCUT2D eigenvalue weighted by molar-refractivity contribution is 0.757. The zero-order valence-electron chi connectivity index (χ0n) is 31.9. The molecule has 11 rings (SSSR count). The lowest BCUT2D eigenvalue weighted by Crippen LogP contribution is -2.29. The summed E-state index contributed by atoms with van der Waals surface area (Å²) in [5.74, 6) is 0.748. The topological polar surface area (TPSA) is 35.9 Å². The molecule has 2 aromatic heterocycles. The second kappa shape index (κ2) is 13.0. The van der Waals surface area contributed by atoms with Crippen molar-refractivity contribution < 1.29 is 0 Å². The quantitative estimate of drug-likeness (QED) is 0.182. The molecule has 2 aliphatic carbocycles. The predicted octanol–water partition coefficient (Wildman–Crippen LogP) is 13.5. The van der Waals surface area contributed by atoms with E-state index in [0.717, 1.165) is 52.1 Å². The molecule has 2 aliphatic rings. The van der Waals surface area contributed by atoms with Gasteiger partial charge in [-0.15, -0.1) is 0 Å². The SMILES string of the molecule is C/C=C\c1c(N)n(-c2ccc(-c3ccc(-n4c5ccccc5c5ccccc54)cc3)cc2)c2cc3c(cc12)C(c1ccccc1)(c1ccccc1)C1=C3CCC=C1. The molecule has 0 amide bonds. The second-order valence-electron chi connectivity index (χ2n) is 15.3. The minimum atomic E-state index is -0.429. The number of fused-ring (bicyclic) bond motifs is 6. The molecule has 0 spiro atoms. The fraction of sp³-hybridized carbons (Fsp3) is 0.0741. The molecular weight excluding hydrogens is 691 g/mol. The van der Waals surface area contributed by atoms with Crippen LogP contribution in [0.1, 0.15) is 47.6 Å². The molecule has 2 heterocycles. The van der Waals surface area contributed by atoms with Crippen molar-refractivity contribution in [1.82, 2.24) is 9.13 Å². The Hall–Kier alpha value is -7.10. The van der Waals surface area contributed by atoms with Crippen molar-refractivity contribution in [3.63, 3.8) is 0 Å². The average molecular weight is 732 g/mol. The van der Waals surface area contributed by atoms with E-state index in [1.807, 2.05) is 0 Å². The summed E-state index contributed by atoms with van der Waals surface area (Å²) in [6.45, 7) is 2.07. The molecule has 2 N–H and O–H groups in total. The molecule has 0 bridgehead atoms. The lowest BCUT2D eigenvalue weighted by Gasteiger charge is -2.35. The molecule has 3 nitrogen and oxygen atoms in total. The minimum absolute atomic E-state index is 0.429. The maximum atomic E-state index is 7.19. The van der Waals surface area contributed by atoms with Gasteiger partial charge in [-0.2, -0.15) is 0 Å². The third-order valence-electron chi connectivity index (χ3n) is 12.4. The van der Waals surface area contributed by atoms with Gasteiger partial charge in [0.05, 0.1) is 22.0 Å². The van der Waals surface area contributed by atoms with Crippen molar-refractivity contribution in [2.75, 3.05) is 5.73 Å². The van der Waals surface area contributed by atoms with Crippen LogP contribution in [0, 0.1) is 0 Å². The Morgan fingerprint density at radius 1 is 0.561 bits per heavy atom. The second-order valence-corrected chi connectivity index (χ2v) is 15.3. The summed E-state index contributed by atoms with van der Waals surface area (Å²) in [6.07, 6.45) is 11.1. The van der Waals surface area contributed by atoms with Crippen molar-refractivity contribution in [1.29, 1.82) is 0 Å². The van der Waals surface area contributed by atoms with Gasteiger partial charge >= 0.3 is 0 Å². The van der Waals surface area contributed by atoms with Crippen LogP contribution in [0.4, 0.5) is 5.82 Å². The molecule has 57 heavy (non-hydrogen) atoms. The zero-order valence-corrected chi connectivity index (χ0v) is 31.9. The molecule has 0 aliphatic heterocycles. The summed E-state index contributed by atoms with van der Waals surface area (Å²) >= 11 is 0. The molecular formula is C54H41N3. The Labute approximate surface area is 333 Å². The maximum absolute atomic E-state index is 7.19. The number of benzene rings is 7. The summed E-state index contributed by atoms with van der Waals surface area (Å²) in [7, 11) is 0. The summed E-state index contributed by atoms with van der Waals surface area (Å²) in [5, 5.41) is 3.70. The molecule has 0 unspecified atom stereocenters. The summed E-state index contributed by atoms with van der Waals surface area (Å²) in [4.78, 5) is 0. The van der Waals surface area contributed by atoms with Crippen LogP contribution in [-0.2, 0) is 5.41 Å². The Morgan fingerprint density at radius 3 is 1.68 bits per heavy atom. The van der Waals surface area contributed by atoms with Gasteiger partial charge in [-0.3, -0.25) is 4.57 Å². The Kier molecular flexibility index (Phi) is 7.58. The average Bonchev–Trinajstić information content (AvgIpc) is 3.87. The van der Waals surface area contributed by atoms with Crippen LogP contribution < -0.4 is 5.73 Å². The molecule has 0 fully saturated rings. The molecule has 3 heteroatoms. The Balaban J connectivity index is 1.04. The van der Waals surface area contributed by atoms with Gasteiger partial charge in [-0.25, -0.2) is 0 Å². The van der Waals surface area contributed by atoms with Crippen molar-refractivity contribution in [3.05, 3.63) is 221 Å². The molecule has 272 valence electrons. The third-order valence-corrected chi connectivity index (χ3v) is 12.4. The van der Waals surface area contributed by atoms with Crippen molar-refractivity contribution in [3.8, 4) is 22.5 Å². The van der Waals surface area contributed by atoms with Crippen LogP contribution in [0.5, 0.6) is 0 Å². The van der Waals surface area contributed by atoms with Crippen molar-refractivity contribution in [2.45, 2.75) is 25.2 Å². The van der Waals surface area contributed by atoms with Crippen LogP contribution in [0.2, 0.25) is 0 Å². The lowest BCUT2D eigenvalue weighted by atomic mass is 9.66. The van der Waals surface area contributed by atoms with E-state index in [0.29, 0.717) is 0 Å². The van der Waals surface area contributed by atoms with E-state index in [1.165, 1.54) is 60.8 Å². The number of rotatable bonds is 6.